The van der Waals surface area contributed by atoms with Crippen LogP contribution in [-0.2, 0) is 4.79 Å². The zero-order chi connectivity index (χ0) is 16.5. The van der Waals surface area contributed by atoms with Gasteiger partial charge in [0.15, 0.2) is 0 Å². The number of aryl methyl sites for hydroxylation is 1. The first kappa shape index (κ1) is 16.0. The van der Waals surface area contributed by atoms with Crippen molar-refractivity contribution in [3.05, 3.63) is 35.3 Å². The highest BCUT2D eigenvalue weighted by molar-refractivity contribution is 5.98. The molecule has 1 aromatic carbocycles. The van der Waals surface area contributed by atoms with Crippen LogP contribution >= 0.6 is 0 Å². The van der Waals surface area contributed by atoms with Gasteiger partial charge in [-0.2, -0.15) is 0 Å². The number of carbonyl (C=O) groups excluding carboxylic acids is 1. The number of aliphatic carboxylic acids is 1. The highest BCUT2D eigenvalue weighted by atomic mass is 19.1. The minimum absolute atomic E-state index is 0.251. The van der Waals surface area contributed by atoms with E-state index in [1.165, 1.54) is 12.1 Å². The lowest BCUT2D eigenvalue weighted by Gasteiger charge is -2.18. The van der Waals surface area contributed by atoms with E-state index in [0.717, 1.165) is 10.9 Å². The molecule has 1 heterocycles. The zero-order valence-electron chi connectivity index (χ0n) is 12.8. The minimum Gasteiger partial charge on any atom is -0.481 e. The van der Waals surface area contributed by atoms with Gasteiger partial charge in [0.2, 0.25) is 0 Å². The van der Waals surface area contributed by atoms with Crippen molar-refractivity contribution in [2.24, 2.45) is 5.41 Å². The largest absolute Gasteiger partial charge is 0.481 e. The molecule has 1 aromatic heterocycles. The van der Waals surface area contributed by atoms with Gasteiger partial charge in [-0.3, -0.25) is 9.59 Å². The highest BCUT2D eigenvalue weighted by Crippen LogP contribution is 2.22. The van der Waals surface area contributed by atoms with Gasteiger partial charge in [-0.1, -0.05) is 0 Å². The van der Waals surface area contributed by atoms with Crippen molar-refractivity contribution in [3.8, 4) is 0 Å². The van der Waals surface area contributed by atoms with Crippen LogP contribution < -0.4 is 5.32 Å². The number of carbonyl (C=O) groups is 2. The molecule has 2 rings (SSSR count). The fourth-order valence-corrected chi connectivity index (χ4v) is 2.19. The fourth-order valence-electron chi connectivity index (χ4n) is 2.19. The topological polar surface area (TPSA) is 82.2 Å². The number of amides is 1. The molecule has 6 heteroatoms. The van der Waals surface area contributed by atoms with E-state index >= 15 is 0 Å². The smallest absolute Gasteiger partial charge is 0.309 e. The second-order valence-electron chi connectivity index (χ2n) is 6.06. The third-order valence-corrected chi connectivity index (χ3v) is 3.77. The Hall–Kier alpha value is -2.37. The van der Waals surface area contributed by atoms with E-state index in [9.17, 15) is 14.0 Å². The predicted octanol–water partition coefficient (Wildman–Crippen LogP) is 2.85. The van der Waals surface area contributed by atoms with E-state index < -0.39 is 11.4 Å². The van der Waals surface area contributed by atoms with E-state index in [4.69, 9.17) is 5.11 Å². The molecule has 0 aliphatic rings. The number of carboxylic acid groups (broad SMARTS) is 1. The van der Waals surface area contributed by atoms with Crippen LogP contribution in [0.5, 0.6) is 0 Å². The number of H-pyrrole nitrogens is 1. The SMILES string of the molecule is Cc1cc(F)cc2[nH]c(C(=O)NCCC(C)(C)C(=O)O)cc12. The van der Waals surface area contributed by atoms with Crippen LogP contribution in [0.2, 0.25) is 0 Å². The van der Waals surface area contributed by atoms with E-state index in [1.807, 2.05) is 0 Å². The Morgan fingerprint density at radius 2 is 2.00 bits per heavy atom. The summed E-state index contributed by atoms with van der Waals surface area (Å²) >= 11 is 0. The number of hydrogen-bond acceptors (Lipinski definition) is 2. The standard InChI is InChI=1S/C16H19FN2O3/c1-9-6-10(17)7-12-11(9)8-13(19-12)14(20)18-5-4-16(2,3)15(21)22/h6-8,19H,4-5H2,1-3H3,(H,18,20)(H,21,22). The molecular weight excluding hydrogens is 287 g/mol. The summed E-state index contributed by atoms with van der Waals surface area (Å²) in [5.41, 5.74) is 0.746. The van der Waals surface area contributed by atoms with Crippen LogP contribution in [0.1, 0.15) is 36.3 Å². The summed E-state index contributed by atoms with van der Waals surface area (Å²) < 4.78 is 13.3. The Balaban J connectivity index is 2.08. The normalized spacial score (nSPS) is 11.6. The first-order valence-corrected chi connectivity index (χ1v) is 7.01. The summed E-state index contributed by atoms with van der Waals surface area (Å²) in [6.07, 6.45) is 0.321. The molecule has 0 fully saturated rings. The number of aromatic amines is 1. The van der Waals surface area contributed by atoms with Crippen LogP contribution in [0, 0.1) is 18.2 Å². The molecule has 5 nitrogen and oxygen atoms in total. The highest BCUT2D eigenvalue weighted by Gasteiger charge is 2.26. The summed E-state index contributed by atoms with van der Waals surface area (Å²) in [6.45, 7) is 5.24. The number of carboxylic acids is 1. The molecule has 2 aromatic rings. The Kier molecular flexibility index (Phi) is 4.21. The lowest BCUT2D eigenvalue weighted by molar-refractivity contribution is -0.147. The molecule has 0 radical (unpaired) electrons. The van der Waals surface area contributed by atoms with Crippen LogP contribution in [0.4, 0.5) is 4.39 Å². The molecule has 0 aliphatic carbocycles. The van der Waals surface area contributed by atoms with Gasteiger partial charge in [-0.15, -0.1) is 0 Å². The van der Waals surface area contributed by atoms with E-state index in [2.05, 4.69) is 10.3 Å². The zero-order valence-corrected chi connectivity index (χ0v) is 12.8. The molecule has 1 amide bonds. The molecule has 0 aliphatic heterocycles. The van der Waals surface area contributed by atoms with Gasteiger partial charge >= 0.3 is 5.97 Å². The fraction of sp³-hybridized carbons (Fsp3) is 0.375. The molecule has 118 valence electrons. The van der Waals surface area contributed by atoms with Crippen molar-refractivity contribution in [1.82, 2.24) is 10.3 Å². The molecule has 0 saturated carbocycles. The first-order chi connectivity index (χ1) is 10.2. The molecule has 22 heavy (non-hydrogen) atoms. The molecule has 0 spiro atoms. The maximum atomic E-state index is 13.3. The third kappa shape index (κ3) is 3.27. The number of halogens is 1. The molecule has 0 saturated heterocycles. The van der Waals surface area contributed by atoms with Crippen molar-refractivity contribution >= 4 is 22.8 Å². The number of benzene rings is 1. The number of nitrogens with one attached hydrogen (secondary N) is 2. The molecular formula is C16H19FN2O3. The number of fused-ring (bicyclic) bond motifs is 1. The third-order valence-electron chi connectivity index (χ3n) is 3.77. The van der Waals surface area contributed by atoms with Crippen molar-refractivity contribution in [2.45, 2.75) is 27.2 Å². The van der Waals surface area contributed by atoms with Gasteiger partial charge in [0.25, 0.3) is 5.91 Å². The van der Waals surface area contributed by atoms with Gasteiger partial charge in [-0.25, -0.2) is 4.39 Å². The maximum Gasteiger partial charge on any atom is 0.309 e. The summed E-state index contributed by atoms with van der Waals surface area (Å²) in [5.74, 6) is -1.60. The van der Waals surface area contributed by atoms with Gasteiger partial charge in [-0.05, 0) is 51.0 Å². The van der Waals surface area contributed by atoms with Crippen LogP contribution in [0.15, 0.2) is 18.2 Å². The molecule has 3 N–H and O–H groups in total. The van der Waals surface area contributed by atoms with Crippen molar-refractivity contribution in [3.63, 3.8) is 0 Å². The molecule has 0 atom stereocenters. The lowest BCUT2D eigenvalue weighted by atomic mass is 9.90. The Labute approximate surface area is 127 Å². The van der Waals surface area contributed by atoms with Crippen molar-refractivity contribution in [2.75, 3.05) is 6.54 Å². The van der Waals surface area contributed by atoms with E-state index in [1.54, 1.807) is 26.8 Å². The number of aromatic nitrogens is 1. The lowest BCUT2D eigenvalue weighted by Crippen LogP contribution is -2.32. The maximum absolute atomic E-state index is 13.3. The van der Waals surface area contributed by atoms with Gasteiger partial charge in [0, 0.05) is 17.4 Å². The predicted molar refractivity (Wildman–Crippen MR) is 81.4 cm³/mol. The number of rotatable bonds is 5. The Morgan fingerprint density at radius 1 is 1.32 bits per heavy atom. The number of hydrogen-bond donors (Lipinski definition) is 3. The summed E-state index contributed by atoms with van der Waals surface area (Å²) in [7, 11) is 0. The Bertz CT molecular complexity index is 734. The van der Waals surface area contributed by atoms with Gasteiger partial charge in [0.05, 0.1) is 5.41 Å². The van der Waals surface area contributed by atoms with E-state index in [-0.39, 0.29) is 18.3 Å². The minimum atomic E-state index is -0.904. The molecule has 0 unspecified atom stereocenters. The van der Waals surface area contributed by atoms with Crippen LogP contribution in [-0.4, -0.2) is 28.5 Å². The van der Waals surface area contributed by atoms with E-state index in [0.29, 0.717) is 17.6 Å². The van der Waals surface area contributed by atoms with Crippen molar-refractivity contribution < 1.29 is 19.1 Å². The van der Waals surface area contributed by atoms with Gasteiger partial charge < -0.3 is 15.4 Å². The average molecular weight is 306 g/mol. The summed E-state index contributed by atoms with van der Waals surface area (Å²) in [4.78, 5) is 26.0. The van der Waals surface area contributed by atoms with Crippen LogP contribution in [0.25, 0.3) is 10.9 Å². The second-order valence-corrected chi connectivity index (χ2v) is 6.06. The summed E-state index contributed by atoms with van der Waals surface area (Å²) in [5, 5.41) is 12.5. The monoisotopic (exact) mass is 306 g/mol. The molecule has 0 bridgehead atoms. The average Bonchev–Trinajstić information content (AvgIpc) is 2.82. The quantitative estimate of drug-likeness (QED) is 0.794. The first-order valence-electron chi connectivity index (χ1n) is 7.01. The second kappa shape index (κ2) is 5.79. The van der Waals surface area contributed by atoms with Crippen LogP contribution in [0.3, 0.4) is 0 Å². The van der Waals surface area contributed by atoms with Crippen molar-refractivity contribution in [1.29, 1.82) is 0 Å². The Morgan fingerprint density at radius 3 is 2.64 bits per heavy atom. The van der Waals surface area contributed by atoms with Gasteiger partial charge in [0.1, 0.15) is 11.5 Å². The summed E-state index contributed by atoms with van der Waals surface area (Å²) in [6, 6.07) is 4.42.